The summed E-state index contributed by atoms with van der Waals surface area (Å²) in [6.07, 6.45) is 0. The van der Waals surface area contributed by atoms with Gasteiger partial charge in [0, 0.05) is 31.8 Å². The van der Waals surface area contributed by atoms with E-state index in [4.69, 9.17) is 15.7 Å². The predicted octanol–water partition coefficient (Wildman–Crippen LogP) is 8.53. The lowest BCUT2D eigenvalue weighted by molar-refractivity contribution is 0.810. The zero-order valence-corrected chi connectivity index (χ0v) is 22.3. The summed E-state index contributed by atoms with van der Waals surface area (Å²) in [4.78, 5) is 10.3. The molecule has 5 heteroatoms. The molecule has 2 heterocycles. The molecular formula is C34H26N4S. The van der Waals surface area contributed by atoms with Gasteiger partial charge in [0.25, 0.3) is 0 Å². The number of rotatable bonds is 3. The molecule has 7 rings (SSSR count). The van der Waals surface area contributed by atoms with Gasteiger partial charge in [-0.2, -0.15) is 4.99 Å². The molecule has 5 aromatic carbocycles. The summed E-state index contributed by atoms with van der Waals surface area (Å²) in [5, 5.41) is 4.85. The Morgan fingerprint density at radius 1 is 0.692 bits per heavy atom. The van der Waals surface area contributed by atoms with E-state index in [0.29, 0.717) is 11.8 Å². The molecular weight excluding hydrogens is 496 g/mol. The maximum Gasteiger partial charge on any atom is 0.232 e. The summed E-state index contributed by atoms with van der Waals surface area (Å²) in [7, 11) is 0. The number of aliphatic imine (C=N–C) groups is 2. The number of para-hydroxylation sites is 1. The molecule has 0 saturated carbocycles. The van der Waals surface area contributed by atoms with Crippen LogP contribution >= 0.6 is 11.3 Å². The fraction of sp³-hybridized carbons (Fsp3) is 0.0588. The lowest BCUT2D eigenvalue weighted by atomic mass is 10.1. The number of hydrogen-bond donors (Lipinski definition) is 1. The first-order valence-corrected chi connectivity index (χ1v) is 13.9. The van der Waals surface area contributed by atoms with E-state index in [-0.39, 0.29) is 6.04 Å². The number of amidine groups is 1. The topological polar surface area (TPSA) is 55.7 Å². The SMILES string of the molecule is CC(N=C(N=C(N)c1ccccc1)n1c2ccccc2c2ccc3c4ccccc4sc3c21)c1ccccc1. The Balaban J connectivity index is 1.58. The third-order valence-electron chi connectivity index (χ3n) is 7.26. The highest BCUT2D eigenvalue weighted by atomic mass is 32.1. The van der Waals surface area contributed by atoms with Crippen LogP contribution in [0.2, 0.25) is 0 Å². The Labute approximate surface area is 230 Å². The Hall–Kier alpha value is -4.74. The van der Waals surface area contributed by atoms with E-state index in [1.165, 1.54) is 30.9 Å². The van der Waals surface area contributed by atoms with Crippen molar-refractivity contribution in [3.05, 3.63) is 132 Å². The summed E-state index contributed by atoms with van der Waals surface area (Å²) >= 11 is 1.81. The molecule has 0 aliphatic carbocycles. The Kier molecular flexibility index (Phi) is 5.71. The molecule has 1 unspecified atom stereocenters. The molecule has 2 aromatic heterocycles. The van der Waals surface area contributed by atoms with Gasteiger partial charge in [0.2, 0.25) is 5.96 Å². The van der Waals surface area contributed by atoms with Crippen LogP contribution in [0.15, 0.2) is 131 Å². The minimum atomic E-state index is -0.119. The smallest absolute Gasteiger partial charge is 0.232 e. The summed E-state index contributed by atoms with van der Waals surface area (Å²) in [5.41, 5.74) is 10.8. The number of benzene rings is 5. The molecule has 2 N–H and O–H groups in total. The van der Waals surface area contributed by atoms with Crippen molar-refractivity contribution < 1.29 is 0 Å². The molecule has 0 amide bonds. The van der Waals surface area contributed by atoms with Crippen molar-refractivity contribution in [1.29, 1.82) is 0 Å². The normalized spacial score (nSPS) is 13.6. The van der Waals surface area contributed by atoms with Crippen molar-refractivity contribution in [2.45, 2.75) is 13.0 Å². The lowest BCUT2D eigenvalue weighted by Gasteiger charge is -2.13. The second kappa shape index (κ2) is 9.53. The van der Waals surface area contributed by atoms with Gasteiger partial charge in [0.1, 0.15) is 5.84 Å². The van der Waals surface area contributed by atoms with Crippen LogP contribution in [-0.4, -0.2) is 16.4 Å². The third kappa shape index (κ3) is 3.99. The first kappa shape index (κ1) is 23.4. The van der Waals surface area contributed by atoms with Crippen molar-refractivity contribution in [3.8, 4) is 0 Å². The van der Waals surface area contributed by atoms with E-state index < -0.39 is 0 Å². The highest BCUT2D eigenvalue weighted by Gasteiger charge is 2.20. The predicted molar refractivity (Wildman–Crippen MR) is 167 cm³/mol. The molecule has 188 valence electrons. The van der Waals surface area contributed by atoms with Crippen molar-refractivity contribution >= 4 is 65.1 Å². The van der Waals surface area contributed by atoms with E-state index in [1.807, 2.05) is 59.9 Å². The molecule has 0 saturated heterocycles. The number of nitrogens with zero attached hydrogens (tertiary/aromatic N) is 3. The van der Waals surface area contributed by atoms with E-state index in [2.05, 4.69) is 84.3 Å². The van der Waals surface area contributed by atoms with Crippen LogP contribution in [0.1, 0.15) is 24.1 Å². The molecule has 1 atom stereocenters. The molecule has 7 aromatic rings. The summed E-state index contributed by atoms with van der Waals surface area (Å²) in [6.45, 7) is 2.10. The van der Waals surface area contributed by atoms with Crippen LogP contribution < -0.4 is 5.73 Å². The van der Waals surface area contributed by atoms with Gasteiger partial charge in [-0.3, -0.25) is 4.57 Å². The van der Waals surface area contributed by atoms with E-state index >= 15 is 0 Å². The quantitative estimate of drug-likeness (QED) is 0.183. The number of fused-ring (bicyclic) bond motifs is 7. The summed E-state index contributed by atoms with van der Waals surface area (Å²) < 4.78 is 4.69. The average Bonchev–Trinajstić information content (AvgIpc) is 3.53. The van der Waals surface area contributed by atoms with Crippen LogP contribution in [0.4, 0.5) is 0 Å². The number of hydrogen-bond acceptors (Lipinski definition) is 2. The van der Waals surface area contributed by atoms with Crippen LogP contribution in [0.25, 0.3) is 42.0 Å². The van der Waals surface area contributed by atoms with E-state index in [0.717, 1.165) is 22.2 Å². The molecule has 39 heavy (non-hydrogen) atoms. The van der Waals surface area contributed by atoms with Crippen molar-refractivity contribution in [2.24, 2.45) is 15.7 Å². The minimum absolute atomic E-state index is 0.119. The largest absolute Gasteiger partial charge is 0.383 e. The van der Waals surface area contributed by atoms with Gasteiger partial charge in [0.15, 0.2) is 0 Å². The van der Waals surface area contributed by atoms with Gasteiger partial charge in [-0.25, -0.2) is 4.99 Å². The maximum atomic E-state index is 6.64. The minimum Gasteiger partial charge on any atom is -0.383 e. The lowest BCUT2D eigenvalue weighted by Crippen LogP contribution is -2.20. The van der Waals surface area contributed by atoms with E-state index in [9.17, 15) is 0 Å². The number of aromatic nitrogens is 1. The van der Waals surface area contributed by atoms with Crippen LogP contribution in [0.3, 0.4) is 0 Å². The molecule has 0 aliphatic rings. The maximum absolute atomic E-state index is 6.64. The molecule has 0 spiro atoms. The second-order valence-electron chi connectivity index (χ2n) is 9.67. The molecule has 0 bridgehead atoms. The first-order valence-electron chi connectivity index (χ1n) is 13.0. The van der Waals surface area contributed by atoms with Gasteiger partial charge in [-0.05, 0) is 24.6 Å². The van der Waals surface area contributed by atoms with Gasteiger partial charge >= 0.3 is 0 Å². The zero-order valence-electron chi connectivity index (χ0n) is 21.5. The number of thiophene rings is 1. The average molecular weight is 523 g/mol. The first-order chi connectivity index (χ1) is 19.2. The fourth-order valence-corrected chi connectivity index (χ4v) is 6.58. The Morgan fingerprint density at radius 3 is 2.13 bits per heavy atom. The molecule has 0 fully saturated rings. The van der Waals surface area contributed by atoms with Crippen LogP contribution in [0.5, 0.6) is 0 Å². The molecule has 0 radical (unpaired) electrons. The van der Waals surface area contributed by atoms with Gasteiger partial charge < -0.3 is 5.73 Å². The number of nitrogens with two attached hydrogens (primary N) is 1. The fourth-order valence-electron chi connectivity index (χ4n) is 5.34. The van der Waals surface area contributed by atoms with Crippen molar-refractivity contribution in [3.63, 3.8) is 0 Å². The molecule has 0 aliphatic heterocycles. The zero-order chi connectivity index (χ0) is 26.3. The van der Waals surface area contributed by atoms with E-state index in [1.54, 1.807) is 0 Å². The third-order valence-corrected chi connectivity index (χ3v) is 8.45. The monoisotopic (exact) mass is 522 g/mol. The molecule has 4 nitrogen and oxygen atoms in total. The summed E-state index contributed by atoms with van der Waals surface area (Å²) in [5.74, 6) is 1.01. The van der Waals surface area contributed by atoms with Gasteiger partial charge in [0.05, 0.1) is 21.8 Å². The highest BCUT2D eigenvalue weighted by Crippen LogP contribution is 2.41. The van der Waals surface area contributed by atoms with Gasteiger partial charge in [-0.15, -0.1) is 11.3 Å². The van der Waals surface area contributed by atoms with Crippen LogP contribution in [-0.2, 0) is 0 Å². The highest BCUT2D eigenvalue weighted by molar-refractivity contribution is 7.26. The van der Waals surface area contributed by atoms with Gasteiger partial charge in [-0.1, -0.05) is 109 Å². The Morgan fingerprint density at radius 2 is 1.33 bits per heavy atom. The van der Waals surface area contributed by atoms with Crippen molar-refractivity contribution in [2.75, 3.05) is 0 Å². The van der Waals surface area contributed by atoms with Crippen molar-refractivity contribution in [1.82, 2.24) is 4.57 Å². The summed E-state index contributed by atoms with van der Waals surface area (Å²) in [6, 6.07) is 41.7. The van der Waals surface area contributed by atoms with Crippen LogP contribution in [0, 0.1) is 0 Å². The standard InChI is InChI=1S/C34H26N4S/c1-22(23-12-4-2-5-13-23)36-34(37-33(35)24-14-6-3-7-15-24)38-29-18-10-8-16-25(29)27-20-21-28-26-17-9-11-19-30(26)39-32(28)31(27)38/h2-22H,1H3,(H2,35,36,37). The second-order valence-corrected chi connectivity index (χ2v) is 10.7. The Bertz CT molecular complexity index is 2030.